The van der Waals surface area contributed by atoms with E-state index >= 15 is 0 Å². The second-order valence-electron chi connectivity index (χ2n) is 4.68. The molecule has 14 heavy (non-hydrogen) atoms. The van der Waals surface area contributed by atoms with Gasteiger partial charge in [-0.15, -0.1) is 0 Å². The monoisotopic (exact) mass is 259 g/mol. The minimum Gasteiger partial charge on any atom is -0.355 e. The third-order valence-electron chi connectivity index (χ3n) is 3.75. The van der Waals surface area contributed by atoms with E-state index in [9.17, 15) is 4.79 Å². The summed E-state index contributed by atoms with van der Waals surface area (Å²) >= 11 is 3.31. The Hall–Kier alpha value is -0.0500. The van der Waals surface area contributed by atoms with Crippen LogP contribution in [0.25, 0.3) is 0 Å². The third kappa shape index (κ3) is 2.30. The minimum absolute atomic E-state index is 0.252. The molecule has 2 aliphatic carbocycles. The lowest BCUT2D eigenvalue weighted by Gasteiger charge is -2.20. The van der Waals surface area contributed by atoms with Gasteiger partial charge in [0.1, 0.15) is 0 Å². The molecule has 2 aliphatic rings. The second kappa shape index (κ2) is 4.65. The van der Waals surface area contributed by atoms with Gasteiger partial charge in [-0.25, -0.2) is 0 Å². The Morgan fingerprint density at radius 2 is 2.21 bits per heavy atom. The minimum atomic E-state index is 0.252. The van der Waals surface area contributed by atoms with Crippen molar-refractivity contribution < 1.29 is 4.79 Å². The van der Waals surface area contributed by atoms with Crippen LogP contribution in [0.4, 0.5) is 0 Å². The SMILES string of the molecule is O=C(CC1CC2CCC1C2)NCCBr. The molecule has 2 bridgehead atoms. The topological polar surface area (TPSA) is 29.1 Å². The van der Waals surface area contributed by atoms with Crippen LogP contribution in [0.3, 0.4) is 0 Å². The first-order chi connectivity index (χ1) is 6.79. The summed E-state index contributed by atoms with van der Waals surface area (Å²) < 4.78 is 0. The van der Waals surface area contributed by atoms with Crippen molar-refractivity contribution in [1.29, 1.82) is 0 Å². The molecule has 2 nitrogen and oxygen atoms in total. The quantitative estimate of drug-likeness (QED) is 0.772. The highest BCUT2D eigenvalue weighted by atomic mass is 79.9. The van der Waals surface area contributed by atoms with E-state index in [1.807, 2.05) is 0 Å². The van der Waals surface area contributed by atoms with Gasteiger partial charge in [0.2, 0.25) is 5.91 Å². The van der Waals surface area contributed by atoms with Gasteiger partial charge in [-0.2, -0.15) is 0 Å². The van der Waals surface area contributed by atoms with Crippen molar-refractivity contribution in [2.24, 2.45) is 17.8 Å². The number of alkyl halides is 1. The summed E-state index contributed by atoms with van der Waals surface area (Å²) in [5, 5.41) is 3.79. The largest absolute Gasteiger partial charge is 0.355 e. The van der Waals surface area contributed by atoms with Gasteiger partial charge in [0.05, 0.1) is 0 Å². The fourth-order valence-electron chi connectivity index (χ4n) is 3.12. The van der Waals surface area contributed by atoms with Gasteiger partial charge in [0.15, 0.2) is 0 Å². The first kappa shape index (κ1) is 10.5. The van der Waals surface area contributed by atoms with Gasteiger partial charge < -0.3 is 5.32 Å². The van der Waals surface area contributed by atoms with Crippen molar-refractivity contribution in [2.75, 3.05) is 11.9 Å². The predicted octanol–water partition coefficient (Wildman–Crippen LogP) is 2.32. The molecule has 2 rings (SSSR count). The maximum absolute atomic E-state index is 11.5. The van der Waals surface area contributed by atoms with Gasteiger partial charge in [0.25, 0.3) is 0 Å². The number of carbonyl (C=O) groups is 1. The number of nitrogens with one attached hydrogen (secondary N) is 1. The van der Waals surface area contributed by atoms with Crippen LogP contribution in [0.2, 0.25) is 0 Å². The van der Waals surface area contributed by atoms with Crippen molar-refractivity contribution in [3.8, 4) is 0 Å². The molecule has 1 N–H and O–H groups in total. The lowest BCUT2D eigenvalue weighted by atomic mass is 9.86. The third-order valence-corrected chi connectivity index (χ3v) is 4.15. The van der Waals surface area contributed by atoms with Crippen molar-refractivity contribution in [3.63, 3.8) is 0 Å². The molecule has 0 heterocycles. The first-order valence-corrected chi connectivity index (χ1v) is 6.74. The Balaban J connectivity index is 1.73. The molecule has 0 aromatic carbocycles. The number of carbonyl (C=O) groups excluding carboxylic acids is 1. The van der Waals surface area contributed by atoms with E-state index in [2.05, 4.69) is 21.2 Å². The smallest absolute Gasteiger partial charge is 0.220 e. The highest BCUT2D eigenvalue weighted by Crippen LogP contribution is 2.49. The van der Waals surface area contributed by atoms with Crippen LogP contribution in [0, 0.1) is 17.8 Å². The molecule has 2 fully saturated rings. The standard InChI is InChI=1S/C11H18BrNO/c12-3-4-13-11(14)7-10-6-8-1-2-9(10)5-8/h8-10H,1-7H2,(H,13,14). The van der Waals surface area contributed by atoms with E-state index in [1.54, 1.807) is 0 Å². The molecule has 0 aromatic rings. The highest BCUT2D eigenvalue weighted by molar-refractivity contribution is 9.09. The Bertz CT molecular complexity index is 219. The van der Waals surface area contributed by atoms with Crippen LogP contribution < -0.4 is 5.32 Å². The van der Waals surface area contributed by atoms with Gasteiger partial charge in [-0.1, -0.05) is 22.4 Å². The summed E-state index contributed by atoms with van der Waals surface area (Å²) in [6.07, 6.45) is 6.28. The molecule has 3 unspecified atom stereocenters. The van der Waals surface area contributed by atoms with E-state index < -0.39 is 0 Å². The van der Waals surface area contributed by atoms with Crippen molar-refractivity contribution in [2.45, 2.75) is 32.1 Å². The lowest BCUT2D eigenvalue weighted by molar-refractivity contribution is -0.122. The summed E-state index contributed by atoms with van der Waals surface area (Å²) in [5.41, 5.74) is 0. The molecule has 0 aromatic heterocycles. The van der Waals surface area contributed by atoms with Crippen molar-refractivity contribution in [3.05, 3.63) is 0 Å². The molecule has 2 saturated carbocycles. The molecule has 0 radical (unpaired) electrons. The van der Waals surface area contributed by atoms with Crippen LogP contribution >= 0.6 is 15.9 Å². The Morgan fingerprint density at radius 1 is 1.36 bits per heavy atom. The number of rotatable bonds is 4. The summed E-state index contributed by atoms with van der Waals surface area (Å²) in [5.74, 6) is 2.77. The maximum Gasteiger partial charge on any atom is 0.220 e. The highest BCUT2D eigenvalue weighted by Gasteiger charge is 2.39. The molecule has 1 amide bonds. The fraction of sp³-hybridized carbons (Fsp3) is 0.909. The number of halogens is 1. The maximum atomic E-state index is 11.5. The van der Waals surface area contributed by atoms with E-state index in [0.29, 0.717) is 5.92 Å². The van der Waals surface area contributed by atoms with E-state index in [1.165, 1.54) is 25.7 Å². The van der Waals surface area contributed by atoms with Crippen molar-refractivity contribution in [1.82, 2.24) is 5.32 Å². The van der Waals surface area contributed by atoms with E-state index in [0.717, 1.165) is 30.1 Å². The molecule has 0 aliphatic heterocycles. The van der Waals surface area contributed by atoms with Crippen LogP contribution in [-0.4, -0.2) is 17.8 Å². The zero-order valence-corrected chi connectivity index (χ0v) is 10.1. The first-order valence-electron chi connectivity index (χ1n) is 5.62. The predicted molar refractivity (Wildman–Crippen MR) is 60.4 cm³/mol. The molecule has 0 saturated heterocycles. The molecular formula is C11H18BrNO. The van der Waals surface area contributed by atoms with E-state index in [-0.39, 0.29) is 5.91 Å². The summed E-state index contributed by atoms with van der Waals surface area (Å²) in [6.45, 7) is 0.764. The average molecular weight is 260 g/mol. The van der Waals surface area contributed by atoms with Crippen LogP contribution in [0.5, 0.6) is 0 Å². The molecule has 80 valence electrons. The number of amides is 1. The van der Waals surface area contributed by atoms with Gasteiger partial charge in [-0.05, 0) is 37.0 Å². The molecule has 0 spiro atoms. The van der Waals surface area contributed by atoms with Gasteiger partial charge >= 0.3 is 0 Å². The van der Waals surface area contributed by atoms with Gasteiger partial charge in [-0.3, -0.25) is 4.79 Å². The van der Waals surface area contributed by atoms with Crippen molar-refractivity contribution >= 4 is 21.8 Å². The lowest BCUT2D eigenvalue weighted by Crippen LogP contribution is -2.28. The molecule has 3 atom stereocenters. The fourth-order valence-corrected chi connectivity index (χ4v) is 3.32. The summed E-state index contributed by atoms with van der Waals surface area (Å²) in [6, 6.07) is 0. The Morgan fingerprint density at radius 3 is 2.79 bits per heavy atom. The van der Waals surface area contributed by atoms with Gasteiger partial charge in [0, 0.05) is 18.3 Å². The summed E-state index contributed by atoms with van der Waals surface area (Å²) in [7, 11) is 0. The zero-order valence-electron chi connectivity index (χ0n) is 8.47. The van der Waals surface area contributed by atoms with E-state index in [4.69, 9.17) is 0 Å². The number of hydrogen-bond donors (Lipinski definition) is 1. The second-order valence-corrected chi connectivity index (χ2v) is 5.47. The van der Waals surface area contributed by atoms with Crippen LogP contribution in [-0.2, 0) is 4.79 Å². The normalized spacial score (nSPS) is 34.8. The average Bonchev–Trinajstić information content (AvgIpc) is 2.76. The summed E-state index contributed by atoms with van der Waals surface area (Å²) in [4.78, 5) is 11.5. The molecular weight excluding hydrogens is 242 g/mol. The molecule has 3 heteroatoms. The number of fused-ring (bicyclic) bond motifs is 2. The van der Waals surface area contributed by atoms with Crippen LogP contribution in [0.1, 0.15) is 32.1 Å². The zero-order chi connectivity index (χ0) is 9.97. The van der Waals surface area contributed by atoms with Crippen LogP contribution in [0.15, 0.2) is 0 Å². The Labute approximate surface area is 94.0 Å². The number of hydrogen-bond acceptors (Lipinski definition) is 1. The Kier molecular flexibility index (Phi) is 3.47.